The van der Waals surface area contributed by atoms with E-state index in [1.165, 1.54) is 4.91 Å². The minimum absolute atomic E-state index is 0. The molecule has 22 heteroatoms. The van der Waals surface area contributed by atoms with E-state index in [1.54, 1.807) is 0 Å². The minimum Gasteiger partial charge on any atom is -0.541 e. The molecule has 0 bridgehead atoms. The Morgan fingerprint density at radius 2 is 1.15 bits per heavy atom. The summed E-state index contributed by atoms with van der Waals surface area (Å²) in [6.45, 7) is 0. The maximum atomic E-state index is 10.0. The molecule has 0 fully saturated rings. The second kappa shape index (κ2) is 11.3. The molecule has 0 saturated heterocycles. The minimum atomic E-state index is -1.80. The molecule has 138 valence electrons. The number of aromatic nitrogens is 8. The smallest absolute Gasteiger partial charge is 0.541 e. The van der Waals surface area contributed by atoms with E-state index >= 15 is 0 Å². The van der Waals surface area contributed by atoms with E-state index in [1.807, 2.05) is 0 Å². The van der Waals surface area contributed by atoms with Gasteiger partial charge in [0, 0.05) is 0 Å². The van der Waals surface area contributed by atoms with Gasteiger partial charge in [0.05, 0.1) is 19.6 Å². The van der Waals surface area contributed by atoms with Crippen molar-refractivity contribution >= 4 is 11.9 Å². The average molecular weight is 417 g/mol. The van der Waals surface area contributed by atoms with Crippen molar-refractivity contribution in [3.8, 4) is 0 Å². The summed E-state index contributed by atoms with van der Waals surface area (Å²) in [4.78, 5) is 41.2. The fourth-order valence-corrected chi connectivity index (χ4v) is 0.830. The third-order valence-electron chi connectivity index (χ3n) is 1.58. The van der Waals surface area contributed by atoms with Gasteiger partial charge in [-0.15, -0.1) is 0 Å². The van der Waals surface area contributed by atoms with Crippen LogP contribution >= 0.6 is 0 Å². The normalized spacial score (nSPS) is 8.31. The van der Waals surface area contributed by atoms with Crippen molar-refractivity contribution < 1.29 is 46.6 Å². The number of aromatic carboxylic acids is 2. The van der Waals surface area contributed by atoms with E-state index in [4.69, 9.17) is 11.1 Å². The number of rotatable bonds is 4. The first-order valence-electron chi connectivity index (χ1n) is 4.94. The largest absolute Gasteiger partial charge is 3.00 e. The topological polar surface area (TPSA) is 312 Å². The van der Waals surface area contributed by atoms with Crippen LogP contribution in [0.1, 0.15) is 21.2 Å². The van der Waals surface area contributed by atoms with Gasteiger partial charge in [0.15, 0.2) is 0 Å². The molecule has 0 aliphatic carbocycles. The molecule has 21 nitrogen and oxygen atoms in total. The average Bonchev–Trinajstić information content (AvgIpc) is 3.18. The SMILES string of the molecule is O=C([O-])c1nnnn1[N+](=O)[O-].O=C([O-])c1nnnn1[N+](=O)[O-].[Co+3].[N-]=[N+]=[N-]. The van der Waals surface area contributed by atoms with E-state index in [0.717, 1.165) is 0 Å². The molecule has 0 unspecified atom stereocenters. The van der Waals surface area contributed by atoms with Crippen molar-refractivity contribution in [1.29, 1.82) is 0 Å². The first-order chi connectivity index (χ1) is 11.7. The molecule has 0 N–H and O–H groups in total. The summed E-state index contributed by atoms with van der Waals surface area (Å²) < 4.78 is 0. The van der Waals surface area contributed by atoms with Crippen LogP contribution in [-0.2, 0) is 16.8 Å². The number of carboxylic acids is 2. The molecule has 0 saturated carbocycles. The summed E-state index contributed by atoms with van der Waals surface area (Å²) in [5.41, 5.74) is 13.5. The summed E-state index contributed by atoms with van der Waals surface area (Å²) in [5.74, 6) is -5.47. The second-order valence-electron chi connectivity index (χ2n) is 2.92. The van der Waals surface area contributed by atoms with E-state index in [-0.39, 0.29) is 26.4 Å². The zero-order chi connectivity index (χ0) is 19.6. The van der Waals surface area contributed by atoms with Crippen molar-refractivity contribution in [2.75, 3.05) is 0 Å². The fourth-order valence-electron chi connectivity index (χ4n) is 0.830. The van der Waals surface area contributed by atoms with Gasteiger partial charge in [0.2, 0.25) is 10.4 Å². The zero-order valence-corrected chi connectivity index (χ0v) is 12.5. The van der Waals surface area contributed by atoms with E-state index in [0.29, 0.717) is 0 Å². The van der Waals surface area contributed by atoms with Crippen LogP contribution in [0.4, 0.5) is 0 Å². The first kappa shape index (κ1) is 24.0. The van der Waals surface area contributed by atoms with Gasteiger partial charge in [0.1, 0.15) is 22.4 Å². The van der Waals surface area contributed by atoms with Crippen molar-refractivity contribution in [2.24, 2.45) is 0 Å². The molecule has 0 aromatic carbocycles. The van der Waals surface area contributed by atoms with Gasteiger partial charge >= 0.3 is 16.8 Å². The Morgan fingerprint density at radius 1 is 0.885 bits per heavy atom. The van der Waals surface area contributed by atoms with Crippen LogP contribution in [0.2, 0.25) is 0 Å². The second-order valence-corrected chi connectivity index (χ2v) is 2.92. The molecule has 0 aliphatic heterocycles. The molecule has 0 aliphatic rings. The van der Waals surface area contributed by atoms with Crippen LogP contribution in [-0.4, -0.2) is 62.6 Å². The quantitative estimate of drug-likeness (QED) is 0.148. The Kier molecular flexibility index (Phi) is 10.4. The third-order valence-corrected chi connectivity index (χ3v) is 1.58. The van der Waals surface area contributed by atoms with Crippen molar-refractivity contribution in [2.45, 2.75) is 0 Å². The maximum absolute atomic E-state index is 10.0. The van der Waals surface area contributed by atoms with E-state index in [2.05, 4.69) is 31.1 Å². The maximum Gasteiger partial charge on any atom is 3.00 e. The molecule has 26 heavy (non-hydrogen) atoms. The molecule has 0 atom stereocenters. The van der Waals surface area contributed by atoms with Crippen LogP contribution in [0.15, 0.2) is 0 Å². The molecule has 2 rings (SSSR count). The van der Waals surface area contributed by atoms with E-state index in [9.17, 15) is 40.0 Å². The molecular formula is C4CoN13O8. The van der Waals surface area contributed by atoms with Gasteiger partial charge in [-0.3, -0.25) is 4.91 Å². The van der Waals surface area contributed by atoms with Gasteiger partial charge in [-0.05, 0) is 0 Å². The Labute approximate surface area is 148 Å². The zero-order valence-electron chi connectivity index (χ0n) is 11.4. The summed E-state index contributed by atoms with van der Waals surface area (Å²) in [6, 6.07) is 0. The Balaban J connectivity index is 0. The summed E-state index contributed by atoms with van der Waals surface area (Å²) in [7, 11) is 0. The number of tetrazole rings is 2. The standard InChI is InChI=1S/2C2HN5O4.Co.N3/c2*8-2(9)1-3-4-5-6(1)7(10)11;;1-3-2/h2*(H,8,9);;/q;;+3;-1/p-2. The van der Waals surface area contributed by atoms with Crippen LogP contribution in [0.5, 0.6) is 0 Å². The molecule has 0 amide bonds. The number of nitrogens with zero attached hydrogens (tertiary/aromatic N) is 13. The molecule has 2 aromatic heterocycles. The Hall–Kier alpha value is -4.30. The first-order valence-corrected chi connectivity index (χ1v) is 4.94. The van der Waals surface area contributed by atoms with Gasteiger partial charge in [0.25, 0.3) is 11.6 Å². The number of carbonyl (C=O) groups excluding carboxylic acids is 2. The third kappa shape index (κ3) is 6.85. The Bertz CT molecular complexity index is 700. The van der Waals surface area contributed by atoms with Crippen LogP contribution < -0.4 is 10.2 Å². The van der Waals surface area contributed by atoms with Gasteiger partial charge < -0.3 is 51.1 Å². The van der Waals surface area contributed by atoms with Gasteiger partial charge in [-0.2, -0.15) is 0 Å². The molecule has 0 radical (unpaired) electrons. The van der Waals surface area contributed by atoms with Gasteiger partial charge in [-0.25, -0.2) is 0 Å². The number of carbonyl (C=O) groups is 2. The predicted molar refractivity (Wildman–Crippen MR) is 59.2 cm³/mol. The predicted octanol–water partition coefficient (Wildman–Crippen LogP) is -4.98. The monoisotopic (exact) mass is 417 g/mol. The summed E-state index contributed by atoms with van der Waals surface area (Å²) in [6.07, 6.45) is 0. The molecular weight excluding hydrogens is 417 g/mol. The van der Waals surface area contributed by atoms with Crippen molar-refractivity contribution in [3.63, 3.8) is 0 Å². The van der Waals surface area contributed by atoms with Crippen LogP contribution in [0.25, 0.3) is 16.0 Å². The van der Waals surface area contributed by atoms with Crippen molar-refractivity contribution in [1.82, 2.24) is 40.6 Å². The summed E-state index contributed by atoms with van der Waals surface area (Å²) >= 11 is 0. The summed E-state index contributed by atoms with van der Waals surface area (Å²) in [5, 5.41) is 54.5. The number of hydrogen-bond acceptors (Lipinski definition) is 14. The molecule has 0 spiro atoms. The molecule has 2 aromatic rings. The number of nitro groups is 2. The number of carboxylic acid groups (broad SMARTS) is 2. The van der Waals surface area contributed by atoms with Gasteiger partial charge in [-0.1, -0.05) is 10.2 Å². The van der Waals surface area contributed by atoms with E-state index < -0.39 is 33.7 Å². The molecule has 2 heterocycles. The van der Waals surface area contributed by atoms with Crippen LogP contribution in [0.3, 0.4) is 0 Å². The Morgan fingerprint density at radius 3 is 1.31 bits per heavy atom. The van der Waals surface area contributed by atoms with Crippen molar-refractivity contribution in [3.05, 3.63) is 47.9 Å². The fraction of sp³-hybridized carbons (Fsp3) is 0. The number of hydrogen-bond donors (Lipinski definition) is 0. The van der Waals surface area contributed by atoms with Crippen LogP contribution in [0, 0.1) is 20.2 Å².